The molecule has 2 unspecified atom stereocenters. The first kappa shape index (κ1) is 24.1. The van der Waals surface area contributed by atoms with Gasteiger partial charge >= 0.3 is 5.69 Å². The van der Waals surface area contributed by atoms with E-state index in [9.17, 15) is 29.4 Å². The number of hydrogen-bond donors (Lipinski definition) is 6. The van der Waals surface area contributed by atoms with Gasteiger partial charge in [0, 0.05) is 17.1 Å². The first-order chi connectivity index (χ1) is 16.7. The minimum Gasteiger partial charge on any atom is -0.508 e. The van der Waals surface area contributed by atoms with Crippen LogP contribution in [-0.4, -0.2) is 42.4 Å². The lowest BCUT2D eigenvalue weighted by atomic mass is 10.0. The average Bonchev–Trinajstić information content (AvgIpc) is 3.13. The molecular formula is C22H18ClN5O6S. The Hall–Kier alpha value is -4.03. The zero-order chi connectivity index (χ0) is 25.1. The molecular weight excluding hydrogens is 498 g/mol. The molecule has 2 aromatic carbocycles. The summed E-state index contributed by atoms with van der Waals surface area (Å²) in [5.41, 5.74) is -1.12. The number of amidine groups is 1. The van der Waals surface area contributed by atoms with Gasteiger partial charge in [-0.1, -0.05) is 35.5 Å². The topological polar surface area (TPSA) is 177 Å². The third-order valence-corrected chi connectivity index (χ3v) is 6.31. The van der Waals surface area contributed by atoms with Crippen molar-refractivity contribution in [2.45, 2.75) is 17.7 Å². The van der Waals surface area contributed by atoms with Crippen LogP contribution >= 0.6 is 23.4 Å². The fourth-order valence-electron chi connectivity index (χ4n) is 3.33. The van der Waals surface area contributed by atoms with Crippen LogP contribution in [0.15, 0.2) is 63.1 Å². The van der Waals surface area contributed by atoms with Crippen LogP contribution in [0.1, 0.15) is 23.6 Å². The molecule has 180 valence electrons. The van der Waals surface area contributed by atoms with Crippen LogP contribution < -0.4 is 21.9 Å². The summed E-state index contributed by atoms with van der Waals surface area (Å²) in [6.45, 7) is 0. The Morgan fingerprint density at radius 1 is 1.06 bits per heavy atom. The van der Waals surface area contributed by atoms with E-state index in [1.165, 1.54) is 24.3 Å². The number of phenols is 1. The molecule has 35 heavy (non-hydrogen) atoms. The van der Waals surface area contributed by atoms with E-state index in [4.69, 9.17) is 11.6 Å². The summed E-state index contributed by atoms with van der Waals surface area (Å²) in [5.74, 6) is -1.57. The smallest absolute Gasteiger partial charge is 0.328 e. The average molecular weight is 516 g/mol. The molecule has 1 aliphatic rings. The van der Waals surface area contributed by atoms with E-state index in [1.807, 2.05) is 4.98 Å². The van der Waals surface area contributed by atoms with Crippen LogP contribution in [0.25, 0.3) is 0 Å². The van der Waals surface area contributed by atoms with Gasteiger partial charge in [-0.05, 0) is 42.0 Å². The number of anilines is 1. The molecule has 0 radical (unpaired) electrons. The van der Waals surface area contributed by atoms with Gasteiger partial charge in [-0.15, -0.1) is 0 Å². The highest BCUT2D eigenvalue weighted by Gasteiger charge is 2.33. The molecule has 4 rings (SSSR count). The second-order valence-corrected chi connectivity index (χ2v) is 9.08. The number of nitrogens with zero attached hydrogens (tertiary/aromatic N) is 1. The van der Waals surface area contributed by atoms with Crippen molar-refractivity contribution in [3.05, 3.63) is 85.5 Å². The maximum Gasteiger partial charge on any atom is 0.328 e. The maximum atomic E-state index is 12.5. The van der Waals surface area contributed by atoms with Gasteiger partial charge in [-0.25, -0.2) is 9.79 Å². The molecule has 3 aromatic rings. The largest absolute Gasteiger partial charge is 0.508 e. The second kappa shape index (κ2) is 10.1. The molecule has 1 fully saturated rings. The molecule has 1 aliphatic heterocycles. The van der Waals surface area contributed by atoms with Crippen LogP contribution in [-0.2, 0) is 9.59 Å². The molecule has 2 amide bonds. The summed E-state index contributed by atoms with van der Waals surface area (Å²) >= 11 is 6.82. The van der Waals surface area contributed by atoms with Crippen molar-refractivity contribution in [1.29, 1.82) is 0 Å². The fourth-order valence-corrected chi connectivity index (χ4v) is 4.45. The number of amides is 2. The molecule has 11 nitrogen and oxygen atoms in total. The summed E-state index contributed by atoms with van der Waals surface area (Å²) in [6, 6.07) is 11.1. The number of hydrogen-bond acceptors (Lipinski definition) is 8. The minimum absolute atomic E-state index is 0.0324. The predicted molar refractivity (Wildman–Crippen MR) is 131 cm³/mol. The second-order valence-electron chi connectivity index (χ2n) is 7.45. The number of aromatic nitrogens is 2. The van der Waals surface area contributed by atoms with E-state index < -0.39 is 40.2 Å². The number of benzene rings is 2. The number of H-pyrrole nitrogens is 2. The van der Waals surface area contributed by atoms with Crippen molar-refractivity contribution in [1.82, 2.24) is 15.3 Å². The molecule has 0 aliphatic carbocycles. The SMILES string of the molecule is O=C(CC1SC(=NC(c2ccc(O)cc2)c2c(O)[nH]c(=O)[nH]c2=O)NC1=O)Nc1ccc(Cl)cc1. The van der Waals surface area contributed by atoms with Gasteiger partial charge in [0.25, 0.3) is 5.56 Å². The molecule has 2 heterocycles. The van der Waals surface area contributed by atoms with Gasteiger partial charge in [0.2, 0.25) is 17.7 Å². The molecule has 0 spiro atoms. The molecule has 6 N–H and O–H groups in total. The molecule has 1 aromatic heterocycles. The Labute approximate surface area is 206 Å². The van der Waals surface area contributed by atoms with Crippen LogP contribution in [0.3, 0.4) is 0 Å². The Morgan fingerprint density at radius 3 is 2.40 bits per heavy atom. The third-order valence-electron chi connectivity index (χ3n) is 4.96. The normalized spacial score (nSPS) is 17.2. The highest BCUT2D eigenvalue weighted by atomic mass is 35.5. The zero-order valence-corrected chi connectivity index (χ0v) is 19.3. The molecule has 0 saturated carbocycles. The quantitative estimate of drug-likeness (QED) is 0.290. The number of phenolic OH excluding ortho intramolecular Hbond substituents is 1. The first-order valence-corrected chi connectivity index (χ1v) is 11.4. The summed E-state index contributed by atoms with van der Waals surface area (Å²) in [5, 5.41) is 25.0. The van der Waals surface area contributed by atoms with Crippen LogP contribution in [0.5, 0.6) is 11.6 Å². The van der Waals surface area contributed by atoms with Crippen molar-refractivity contribution < 1.29 is 19.8 Å². The van der Waals surface area contributed by atoms with Crippen molar-refractivity contribution in [2.24, 2.45) is 4.99 Å². The Kier molecular flexibility index (Phi) is 6.94. The number of rotatable bonds is 6. The number of aliphatic imine (C=N–C) groups is 1. The summed E-state index contributed by atoms with van der Waals surface area (Å²) in [7, 11) is 0. The number of thioether (sulfide) groups is 1. The summed E-state index contributed by atoms with van der Waals surface area (Å²) in [6.07, 6.45) is -0.146. The van der Waals surface area contributed by atoms with E-state index in [0.29, 0.717) is 16.3 Å². The molecule has 13 heteroatoms. The van der Waals surface area contributed by atoms with Crippen molar-refractivity contribution in [3.8, 4) is 11.6 Å². The lowest BCUT2D eigenvalue weighted by Gasteiger charge is -2.14. The van der Waals surface area contributed by atoms with Gasteiger partial charge < -0.3 is 20.8 Å². The minimum atomic E-state index is -1.14. The number of carbonyl (C=O) groups excluding carboxylic acids is 2. The fraction of sp³-hybridized carbons (Fsp3) is 0.136. The van der Waals surface area contributed by atoms with E-state index in [-0.39, 0.29) is 22.9 Å². The van der Waals surface area contributed by atoms with E-state index >= 15 is 0 Å². The van der Waals surface area contributed by atoms with Crippen LogP contribution in [0.2, 0.25) is 5.02 Å². The number of aromatic amines is 2. The van der Waals surface area contributed by atoms with E-state index in [2.05, 4.69) is 20.6 Å². The molecule has 1 saturated heterocycles. The highest BCUT2D eigenvalue weighted by Crippen LogP contribution is 2.32. The Bertz CT molecular complexity index is 1420. The van der Waals surface area contributed by atoms with Crippen molar-refractivity contribution >= 4 is 46.0 Å². The van der Waals surface area contributed by atoms with Gasteiger partial charge in [-0.2, -0.15) is 0 Å². The molecule has 0 bridgehead atoms. The number of aromatic hydroxyl groups is 2. The number of carbonyl (C=O) groups is 2. The third kappa shape index (κ3) is 5.73. The van der Waals surface area contributed by atoms with Crippen molar-refractivity contribution in [3.63, 3.8) is 0 Å². The first-order valence-electron chi connectivity index (χ1n) is 10.1. The van der Waals surface area contributed by atoms with E-state index in [1.54, 1.807) is 24.3 Å². The summed E-state index contributed by atoms with van der Waals surface area (Å²) in [4.78, 5) is 57.4. The zero-order valence-electron chi connectivity index (χ0n) is 17.7. The van der Waals surface area contributed by atoms with Crippen molar-refractivity contribution in [2.75, 3.05) is 5.32 Å². The number of halogens is 1. The van der Waals surface area contributed by atoms with Gasteiger partial charge in [-0.3, -0.25) is 24.4 Å². The molecule has 2 atom stereocenters. The van der Waals surface area contributed by atoms with Gasteiger partial charge in [0.05, 0.1) is 0 Å². The standard InChI is InChI=1S/C22H18ClN5O6S/c23-11-3-5-12(6-4-11)24-15(30)9-14-18(31)28-22(35-14)25-17(10-1-7-13(29)8-2-10)16-19(32)26-21(34)27-20(16)33/h1-8,14,17,29H,9H2,(H,24,30)(H,25,28,31)(H3,26,27,32,33,34). The maximum absolute atomic E-state index is 12.5. The monoisotopic (exact) mass is 515 g/mol. The summed E-state index contributed by atoms with van der Waals surface area (Å²) < 4.78 is 0. The highest BCUT2D eigenvalue weighted by molar-refractivity contribution is 8.15. The van der Waals surface area contributed by atoms with Gasteiger partial charge in [0.15, 0.2) is 5.17 Å². The Morgan fingerprint density at radius 2 is 1.74 bits per heavy atom. The lowest BCUT2D eigenvalue weighted by molar-refractivity contribution is -0.122. The van der Waals surface area contributed by atoms with Crippen LogP contribution in [0.4, 0.5) is 5.69 Å². The predicted octanol–water partition coefficient (Wildman–Crippen LogP) is 1.83. The van der Waals surface area contributed by atoms with Gasteiger partial charge in [0.1, 0.15) is 22.6 Å². The number of nitrogens with one attached hydrogen (secondary N) is 4. The van der Waals surface area contributed by atoms with Crippen LogP contribution in [0, 0.1) is 0 Å². The lowest BCUT2D eigenvalue weighted by Crippen LogP contribution is -2.29. The Balaban J connectivity index is 1.58. The van der Waals surface area contributed by atoms with E-state index in [0.717, 1.165) is 11.8 Å².